The van der Waals surface area contributed by atoms with E-state index in [2.05, 4.69) is 27.3 Å². The molecule has 3 unspecified atom stereocenters. The molecule has 5 heteroatoms. The van der Waals surface area contributed by atoms with Gasteiger partial charge in [0.2, 0.25) is 0 Å². The van der Waals surface area contributed by atoms with Crippen molar-refractivity contribution in [3.63, 3.8) is 0 Å². The minimum absolute atomic E-state index is 0.0582. The molecule has 0 spiro atoms. The number of piperidine rings is 1. The quantitative estimate of drug-likeness (QED) is 0.837. The van der Waals surface area contributed by atoms with Crippen molar-refractivity contribution < 1.29 is 4.39 Å². The van der Waals surface area contributed by atoms with Crippen LogP contribution < -0.4 is 0 Å². The largest absolute Gasteiger partial charge is 0.300 e. The first-order valence-corrected chi connectivity index (χ1v) is 7.85. The van der Waals surface area contributed by atoms with Gasteiger partial charge >= 0.3 is 0 Å². The Balaban J connectivity index is 1.43. The van der Waals surface area contributed by atoms with Gasteiger partial charge in [0.05, 0.1) is 12.6 Å². The van der Waals surface area contributed by atoms with Crippen molar-refractivity contribution in [1.29, 1.82) is 0 Å². The molecule has 4 rings (SSSR count). The monoisotopic (exact) mass is 288 g/mol. The summed E-state index contributed by atoms with van der Waals surface area (Å²) in [5, 5.41) is 11.0. The highest BCUT2D eigenvalue weighted by molar-refractivity contribution is 5.21. The third-order valence-corrected chi connectivity index (χ3v) is 5.42. The van der Waals surface area contributed by atoms with E-state index in [-0.39, 0.29) is 11.9 Å². The molecule has 2 saturated heterocycles. The molecule has 3 heterocycles. The number of nitrogens with zero attached hydrogens (tertiary/aromatic N) is 4. The van der Waals surface area contributed by atoms with Crippen LogP contribution in [0.2, 0.25) is 0 Å². The molecule has 0 radical (unpaired) electrons. The smallest absolute Gasteiger partial charge is 0.123 e. The van der Waals surface area contributed by atoms with E-state index in [4.69, 9.17) is 0 Å². The normalized spacial score (nSPS) is 35.6. The Morgan fingerprint density at radius 2 is 1.71 bits per heavy atom. The highest BCUT2D eigenvalue weighted by Gasteiger charge is 2.41. The first-order valence-electron chi connectivity index (χ1n) is 7.85. The summed E-state index contributed by atoms with van der Waals surface area (Å²) in [6, 6.07) is 8.66. The molecule has 3 aliphatic heterocycles. The molecule has 0 saturated carbocycles. The van der Waals surface area contributed by atoms with E-state index < -0.39 is 0 Å². The Hall–Kier alpha value is -1.49. The Kier molecular flexibility index (Phi) is 3.17. The first-order chi connectivity index (χ1) is 10.2. The summed E-state index contributed by atoms with van der Waals surface area (Å²) in [5.41, 5.74) is 1.05. The van der Waals surface area contributed by atoms with Gasteiger partial charge in [-0.3, -0.25) is 5.01 Å². The van der Waals surface area contributed by atoms with Gasteiger partial charge in [-0.15, -0.1) is 0 Å². The fraction of sp³-hybridized carbons (Fsp3) is 0.625. The van der Waals surface area contributed by atoms with Crippen LogP contribution in [-0.4, -0.2) is 41.6 Å². The van der Waals surface area contributed by atoms with E-state index in [0.29, 0.717) is 18.1 Å². The summed E-state index contributed by atoms with van der Waals surface area (Å²) in [6.45, 7) is 0.833. The highest BCUT2D eigenvalue weighted by atomic mass is 19.1. The van der Waals surface area contributed by atoms with Gasteiger partial charge in [0.1, 0.15) is 11.9 Å². The van der Waals surface area contributed by atoms with Crippen LogP contribution in [0.1, 0.15) is 37.3 Å². The highest BCUT2D eigenvalue weighted by Crippen LogP contribution is 2.38. The zero-order valence-corrected chi connectivity index (χ0v) is 12.3. The lowest BCUT2D eigenvalue weighted by molar-refractivity contribution is 0.0820. The van der Waals surface area contributed by atoms with Crippen molar-refractivity contribution in [3.8, 4) is 0 Å². The van der Waals surface area contributed by atoms with Gasteiger partial charge in [-0.25, -0.2) is 4.39 Å². The molecule has 3 atom stereocenters. The van der Waals surface area contributed by atoms with Gasteiger partial charge in [-0.05, 0) is 50.4 Å². The molecule has 2 bridgehead atoms. The van der Waals surface area contributed by atoms with Crippen LogP contribution in [0, 0.1) is 5.82 Å². The summed E-state index contributed by atoms with van der Waals surface area (Å²) in [5.74, 6) is -0.197. The zero-order chi connectivity index (χ0) is 14.4. The molecular formula is C16H21FN4. The summed E-state index contributed by atoms with van der Waals surface area (Å²) >= 11 is 0. The van der Waals surface area contributed by atoms with Crippen molar-refractivity contribution in [1.82, 2.24) is 9.91 Å². The molecule has 0 aliphatic carbocycles. The van der Waals surface area contributed by atoms with Crippen LogP contribution in [0.3, 0.4) is 0 Å². The number of benzene rings is 1. The van der Waals surface area contributed by atoms with E-state index in [1.807, 2.05) is 12.1 Å². The van der Waals surface area contributed by atoms with Gasteiger partial charge in [0, 0.05) is 12.1 Å². The molecule has 1 aromatic rings. The lowest BCUT2D eigenvalue weighted by atomic mass is 9.97. The van der Waals surface area contributed by atoms with Gasteiger partial charge in [-0.2, -0.15) is 5.11 Å². The summed E-state index contributed by atoms with van der Waals surface area (Å²) in [7, 11) is 2.26. The third kappa shape index (κ3) is 2.33. The molecule has 0 N–H and O–H groups in total. The van der Waals surface area contributed by atoms with Gasteiger partial charge in [-0.1, -0.05) is 17.4 Å². The number of halogens is 1. The lowest BCUT2D eigenvalue weighted by Gasteiger charge is -2.39. The van der Waals surface area contributed by atoms with Crippen LogP contribution in [0.15, 0.2) is 34.6 Å². The van der Waals surface area contributed by atoms with Gasteiger partial charge < -0.3 is 4.90 Å². The second kappa shape index (κ2) is 5.05. The maximum atomic E-state index is 13.0. The van der Waals surface area contributed by atoms with Crippen LogP contribution in [0.4, 0.5) is 4.39 Å². The fourth-order valence-electron chi connectivity index (χ4n) is 4.08. The van der Waals surface area contributed by atoms with E-state index in [9.17, 15) is 4.39 Å². The number of rotatable bonds is 2. The molecule has 21 heavy (non-hydrogen) atoms. The molecule has 1 aromatic carbocycles. The predicted molar refractivity (Wildman–Crippen MR) is 78.3 cm³/mol. The number of hydrogen-bond donors (Lipinski definition) is 0. The Labute approximate surface area is 124 Å². The summed E-state index contributed by atoms with van der Waals surface area (Å²) < 4.78 is 13.0. The van der Waals surface area contributed by atoms with Crippen LogP contribution in [0.5, 0.6) is 0 Å². The van der Waals surface area contributed by atoms with E-state index in [1.165, 1.54) is 37.8 Å². The average molecular weight is 288 g/mol. The minimum atomic E-state index is -0.197. The number of hydrogen-bond acceptors (Lipinski definition) is 4. The van der Waals surface area contributed by atoms with Crippen molar-refractivity contribution in [2.45, 2.75) is 49.9 Å². The van der Waals surface area contributed by atoms with Crippen LogP contribution >= 0.6 is 0 Å². The second-order valence-electron chi connectivity index (χ2n) is 6.57. The number of fused-ring (bicyclic) bond motifs is 2. The zero-order valence-electron chi connectivity index (χ0n) is 12.3. The standard InChI is InChI=1S/C16H21FN4/c1-20-13-6-7-14(20)9-15(8-13)21-10-16(18-19-21)11-2-4-12(17)5-3-11/h2-5,13-16H,6-10H2,1H3. The Morgan fingerprint density at radius 3 is 2.38 bits per heavy atom. The summed E-state index contributed by atoms with van der Waals surface area (Å²) in [6.07, 6.45) is 5.04. The van der Waals surface area contributed by atoms with Crippen molar-refractivity contribution in [2.24, 2.45) is 10.3 Å². The van der Waals surface area contributed by atoms with E-state index in [0.717, 1.165) is 12.1 Å². The summed E-state index contributed by atoms with van der Waals surface area (Å²) in [4.78, 5) is 2.54. The van der Waals surface area contributed by atoms with Gasteiger partial charge in [0.25, 0.3) is 0 Å². The van der Waals surface area contributed by atoms with Crippen molar-refractivity contribution >= 4 is 0 Å². The SMILES string of the molecule is CN1C2CCC1CC(N1CC(c3ccc(F)cc3)N=N1)C2. The topological polar surface area (TPSA) is 31.2 Å². The molecular weight excluding hydrogens is 267 g/mol. The molecule has 0 aromatic heterocycles. The predicted octanol–water partition coefficient (Wildman–Crippen LogP) is 3.17. The lowest BCUT2D eigenvalue weighted by Crippen LogP contribution is -2.47. The Bertz CT molecular complexity index is 530. The molecule has 0 amide bonds. The van der Waals surface area contributed by atoms with E-state index >= 15 is 0 Å². The Morgan fingerprint density at radius 1 is 1.05 bits per heavy atom. The fourth-order valence-corrected chi connectivity index (χ4v) is 4.08. The van der Waals surface area contributed by atoms with Crippen LogP contribution in [0.25, 0.3) is 0 Å². The molecule has 112 valence electrons. The molecule has 2 fully saturated rings. The average Bonchev–Trinajstić information content (AvgIpc) is 3.03. The van der Waals surface area contributed by atoms with Crippen molar-refractivity contribution in [3.05, 3.63) is 35.6 Å². The third-order valence-electron chi connectivity index (χ3n) is 5.42. The second-order valence-corrected chi connectivity index (χ2v) is 6.57. The van der Waals surface area contributed by atoms with Crippen molar-refractivity contribution in [2.75, 3.05) is 13.6 Å². The minimum Gasteiger partial charge on any atom is -0.300 e. The van der Waals surface area contributed by atoms with E-state index in [1.54, 1.807) is 0 Å². The van der Waals surface area contributed by atoms with Gasteiger partial charge in [0.15, 0.2) is 0 Å². The van der Waals surface area contributed by atoms with Crippen LogP contribution in [-0.2, 0) is 0 Å². The molecule has 4 nitrogen and oxygen atoms in total. The molecule has 3 aliphatic rings. The maximum absolute atomic E-state index is 13.0. The maximum Gasteiger partial charge on any atom is 0.123 e. The first kappa shape index (κ1) is 13.2.